The van der Waals surface area contributed by atoms with Gasteiger partial charge in [0.05, 0.1) is 7.11 Å². The van der Waals surface area contributed by atoms with Crippen LogP contribution in [0.5, 0.6) is 0 Å². The van der Waals surface area contributed by atoms with Crippen LogP contribution in [0.15, 0.2) is 0 Å². The van der Waals surface area contributed by atoms with Crippen molar-refractivity contribution in [3.05, 3.63) is 0 Å². The molecule has 1 atom stereocenters. The first-order valence-electron chi connectivity index (χ1n) is 5.61. The van der Waals surface area contributed by atoms with Gasteiger partial charge in [-0.25, -0.2) is 0 Å². The summed E-state index contributed by atoms with van der Waals surface area (Å²) in [6.07, 6.45) is 5.67. The number of hydroxylamine groups is 2. The van der Waals surface area contributed by atoms with E-state index in [1.54, 1.807) is 0 Å². The van der Waals surface area contributed by atoms with E-state index in [1.165, 1.54) is 20.0 Å². The molecule has 2 amide bonds. The van der Waals surface area contributed by atoms with Crippen molar-refractivity contribution < 1.29 is 14.4 Å². The summed E-state index contributed by atoms with van der Waals surface area (Å²) in [5, 5.41) is 0.893. The van der Waals surface area contributed by atoms with E-state index in [4.69, 9.17) is 4.84 Å². The second-order valence-electron chi connectivity index (χ2n) is 3.96. The first-order valence-corrected chi connectivity index (χ1v) is 5.61. The number of nitrogens with zero attached hydrogens (tertiary/aromatic N) is 1. The molecule has 0 radical (unpaired) electrons. The quantitative estimate of drug-likeness (QED) is 0.500. The molecule has 0 aliphatic carbocycles. The Hall–Kier alpha value is -0.900. The molecule has 15 heavy (non-hydrogen) atoms. The molecular weight excluding hydrogens is 194 g/mol. The van der Waals surface area contributed by atoms with Gasteiger partial charge in [-0.15, -0.1) is 0 Å². The third-order valence-corrected chi connectivity index (χ3v) is 2.79. The lowest BCUT2D eigenvalue weighted by atomic mass is 9.99. The fourth-order valence-corrected chi connectivity index (χ4v) is 1.90. The minimum atomic E-state index is -0.206. The number of imide groups is 1. The van der Waals surface area contributed by atoms with Crippen molar-refractivity contribution >= 4 is 11.8 Å². The molecule has 1 aliphatic heterocycles. The monoisotopic (exact) mass is 213 g/mol. The number of carbonyl (C=O) groups excluding carboxylic acids is 2. The Kier molecular flexibility index (Phi) is 4.75. The minimum absolute atomic E-state index is 0.144. The number of hydrogen-bond acceptors (Lipinski definition) is 3. The Labute approximate surface area is 90.5 Å². The maximum absolute atomic E-state index is 11.6. The maximum atomic E-state index is 11.6. The molecular formula is C11H19NO3. The number of unbranched alkanes of at least 4 members (excludes halogenated alkanes) is 3. The Morgan fingerprint density at radius 2 is 2.07 bits per heavy atom. The van der Waals surface area contributed by atoms with E-state index in [9.17, 15) is 9.59 Å². The molecule has 0 aromatic rings. The molecule has 1 rings (SSSR count). The Morgan fingerprint density at radius 3 is 2.60 bits per heavy atom. The predicted octanol–water partition coefficient (Wildman–Crippen LogP) is 1.89. The van der Waals surface area contributed by atoms with E-state index in [0.29, 0.717) is 6.42 Å². The third kappa shape index (κ3) is 3.02. The van der Waals surface area contributed by atoms with Crippen LogP contribution in [-0.4, -0.2) is 24.0 Å². The van der Waals surface area contributed by atoms with Crippen LogP contribution in [-0.2, 0) is 14.4 Å². The normalized spacial score (nSPS) is 21.5. The largest absolute Gasteiger partial charge is 0.272 e. The van der Waals surface area contributed by atoms with Crippen LogP contribution in [0.3, 0.4) is 0 Å². The first kappa shape index (κ1) is 12.2. The lowest BCUT2D eigenvalue weighted by Gasteiger charge is -2.10. The van der Waals surface area contributed by atoms with Gasteiger partial charge in [0.1, 0.15) is 0 Å². The number of rotatable bonds is 6. The van der Waals surface area contributed by atoms with Gasteiger partial charge in [-0.1, -0.05) is 32.6 Å². The average molecular weight is 213 g/mol. The van der Waals surface area contributed by atoms with Crippen LogP contribution in [0.2, 0.25) is 0 Å². The van der Waals surface area contributed by atoms with Gasteiger partial charge in [-0.05, 0) is 6.42 Å². The van der Waals surface area contributed by atoms with Crippen LogP contribution in [0.25, 0.3) is 0 Å². The lowest BCUT2D eigenvalue weighted by Crippen LogP contribution is -2.29. The first-order chi connectivity index (χ1) is 7.20. The Morgan fingerprint density at radius 1 is 1.33 bits per heavy atom. The SMILES string of the molecule is CCCCCCC1CC(=O)N(OC)C1=O. The highest BCUT2D eigenvalue weighted by atomic mass is 16.7. The predicted molar refractivity (Wildman–Crippen MR) is 55.7 cm³/mol. The van der Waals surface area contributed by atoms with Gasteiger partial charge < -0.3 is 0 Å². The van der Waals surface area contributed by atoms with Crippen molar-refractivity contribution in [1.29, 1.82) is 0 Å². The molecule has 86 valence electrons. The molecule has 0 aromatic heterocycles. The van der Waals surface area contributed by atoms with Crippen LogP contribution in [0, 0.1) is 5.92 Å². The number of hydrogen-bond donors (Lipinski definition) is 0. The summed E-state index contributed by atoms with van der Waals surface area (Å²) in [4.78, 5) is 27.6. The number of carbonyl (C=O) groups is 2. The van der Waals surface area contributed by atoms with Gasteiger partial charge in [0.15, 0.2) is 0 Å². The lowest BCUT2D eigenvalue weighted by molar-refractivity contribution is -0.180. The van der Waals surface area contributed by atoms with E-state index < -0.39 is 0 Å². The van der Waals surface area contributed by atoms with Gasteiger partial charge in [-0.2, -0.15) is 5.06 Å². The zero-order chi connectivity index (χ0) is 11.3. The Bertz CT molecular complexity index is 240. The second-order valence-corrected chi connectivity index (χ2v) is 3.96. The zero-order valence-corrected chi connectivity index (χ0v) is 9.49. The van der Waals surface area contributed by atoms with E-state index in [2.05, 4.69) is 6.92 Å². The molecule has 1 unspecified atom stereocenters. The topological polar surface area (TPSA) is 46.6 Å². The summed E-state index contributed by atoms with van der Waals surface area (Å²) in [6, 6.07) is 0. The van der Waals surface area contributed by atoms with Gasteiger partial charge in [-0.3, -0.25) is 14.4 Å². The maximum Gasteiger partial charge on any atom is 0.257 e. The van der Waals surface area contributed by atoms with Crippen molar-refractivity contribution in [3.8, 4) is 0 Å². The van der Waals surface area contributed by atoms with E-state index in [-0.39, 0.29) is 17.7 Å². The van der Waals surface area contributed by atoms with Crippen LogP contribution in [0.4, 0.5) is 0 Å². The second kappa shape index (κ2) is 5.85. The molecule has 0 spiro atoms. The molecule has 1 saturated heterocycles. The highest BCUT2D eigenvalue weighted by Crippen LogP contribution is 2.24. The standard InChI is InChI=1S/C11H19NO3/c1-3-4-5-6-7-9-8-10(13)12(15-2)11(9)14/h9H,3-8H2,1-2H3. The van der Waals surface area contributed by atoms with E-state index >= 15 is 0 Å². The fourth-order valence-electron chi connectivity index (χ4n) is 1.90. The highest BCUT2D eigenvalue weighted by molar-refractivity contribution is 6.02. The van der Waals surface area contributed by atoms with Gasteiger partial charge in [0, 0.05) is 12.3 Å². The van der Waals surface area contributed by atoms with Crippen LogP contribution < -0.4 is 0 Å². The van der Waals surface area contributed by atoms with Crippen molar-refractivity contribution in [3.63, 3.8) is 0 Å². The summed E-state index contributed by atoms with van der Waals surface area (Å²) >= 11 is 0. The number of amides is 2. The summed E-state index contributed by atoms with van der Waals surface area (Å²) in [7, 11) is 1.36. The summed E-state index contributed by atoms with van der Waals surface area (Å²) in [5.41, 5.74) is 0. The third-order valence-electron chi connectivity index (χ3n) is 2.79. The molecule has 1 fully saturated rings. The van der Waals surface area contributed by atoms with E-state index in [0.717, 1.165) is 24.3 Å². The van der Waals surface area contributed by atoms with Gasteiger partial charge >= 0.3 is 0 Å². The highest BCUT2D eigenvalue weighted by Gasteiger charge is 2.38. The average Bonchev–Trinajstić information content (AvgIpc) is 2.49. The molecule has 0 aromatic carbocycles. The Balaban J connectivity index is 2.32. The van der Waals surface area contributed by atoms with Gasteiger partial charge in [0.2, 0.25) is 0 Å². The molecule has 1 aliphatic rings. The molecule has 0 saturated carbocycles. The smallest absolute Gasteiger partial charge is 0.257 e. The summed E-state index contributed by atoms with van der Waals surface area (Å²) in [5.74, 6) is -0.517. The van der Waals surface area contributed by atoms with Crippen molar-refractivity contribution in [2.45, 2.75) is 45.4 Å². The molecule has 4 heteroatoms. The summed E-state index contributed by atoms with van der Waals surface area (Å²) < 4.78 is 0. The molecule has 0 N–H and O–H groups in total. The summed E-state index contributed by atoms with van der Waals surface area (Å²) in [6.45, 7) is 2.15. The van der Waals surface area contributed by atoms with Crippen LogP contribution in [0.1, 0.15) is 45.4 Å². The van der Waals surface area contributed by atoms with E-state index in [1.807, 2.05) is 0 Å². The molecule has 1 heterocycles. The zero-order valence-electron chi connectivity index (χ0n) is 9.49. The van der Waals surface area contributed by atoms with Crippen molar-refractivity contribution in [1.82, 2.24) is 5.06 Å². The van der Waals surface area contributed by atoms with Crippen molar-refractivity contribution in [2.24, 2.45) is 5.92 Å². The van der Waals surface area contributed by atoms with Gasteiger partial charge in [0.25, 0.3) is 11.8 Å². The minimum Gasteiger partial charge on any atom is -0.272 e. The van der Waals surface area contributed by atoms with Crippen LogP contribution >= 0.6 is 0 Å². The fraction of sp³-hybridized carbons (Fsp3) is 0.818. The molecule has 0 bridgehead atoms. The molecule has 4 nitrogen and oxygen atoms in total. The van der Waals surface area contributed by atoms with Crippen molar-refractivity contribution in [2.75, 3.05) is 7.11 Å².